The van der Waals surface area contributed by atoms with Crippen LogP contribution in [0.2, 0.25) is 0 Å². The van der Waals surface area contributed by atoms with E-state index >= 15 is 0 Å². The van der Waals surface area contributed by atoms with Gasteiger partial charge in [0.2, 0.25) is 5.91 Å². The van der Waals surface area contributed by atoms with Gasteiger partial charge < -0.3 is 10.6 Å². The number of carbonyl (C=O) groups is 1. The minimum absolute atomic E-state index is 0. The van der Waals surface area contributed by atoms with E-state index in [1.165, 1.54) is 23.4 Å². The topological polar surface area (TPSA) is 75.1 Å². The van der Waals surface area contributed by atoms with Gasteiger partial charge in [0, 0.05) is 26.2 Å². The molecule has 1 aromatic carbocycles. The summed E-state index contributed by atoms with van der Waals surface area (Å²) >= 11 is 0. The number of anilines is 1. The van der Waals surface area contributed by atoms with E-state index in [-0.39, 0.29) is 43.0 Å². The average molecular weight is 427 g/mol. The molecule has 2 heterocycles. The molecule has 1 fully saturated rings. The number of piperazine rings is 1. The van der Waals surface area contributed by atoms with Gasteiger partial charge >= 0.3 is 6.18 Å². The van der Waals surface area contributed by atoms with Gasteiger partial charge in [0.1, 0.15) is 12.7 Å². The summed E-state index contributed by atoms with van der Waals surface area (Å²) in [6.45, 7) is 3.11. The molecule has 1 amide bonds. The molecule has 7 nitrogen and oxygen atoms in total. The largest absolute Gasteiger partial charge is 0.416 e. The molecule has 1 aliphatic heterocycles. The van der Waals surface area contributed by atoms with Gasteiger partial charge in [0.05, 0.1) is 23.5 Å². The Labute approximate surface area is 166 Å². The van der Waals surface area contributed by atoms with Crippen molar-refractivity contribution in [1.29, 1.82) is 0 Å². The summed E-state index contributed by atoms with van der Waals surface area (Å²) in [5.41, 5.74) is -0.478. The monoisotopic (exact) mass is 426 g/mol. The Morgan fingerprint density at radius 1 is 1.22 bits per heavy atom. The standard InChI is InChI=1S/C15H17F3N6O.2ClH/c16-15(17,18)11-1-2-13(24-10-20-9-21-24)12(7-11)22-14(25)8-23-5-3-19-4-6-23;;/h1-2,7,9-10,19H,3-6,8H2,(H,22,25);2*1H. The summed E-state index contributed by atoms with van der Waals surface area (Å²) in [4.78, 5) is 18.0. The third-order valence-electron chi connectivity index (χ3n) is 3.84. The van der Waals surface area contributed by atoms with Crippen LogP contribution in [0, 0.1) is 0 Å². The Morgan fingerprint density at radius 3 is 2.52 bits per heavy atom. The number of nitrogens with zero attached hydrogens (tertiary/aromatic N) is 4. The third kappa shape index (κ3) is 6.06. The lowest BCUT2D eigenvalue weighted by Crippen LogP contribution is -2.46. The summed E-state index contributed by atoms with van der Waals surface area (Å²) in [6, 6.07) is 3.12. The lowest BCUT2D eigenvalue weighted by molar-refractivity contribution is -0.137. The molecule has 1 aromatic heterocycles. The normalized spacial score (nSPS) is 14.8. The van der Waals surface area contributed by atoms with Gasteiger partial charge in [-0.05, 0) is 18.2 Å². The van der Waals surface area contributed by atoms with Crippen molar-refractivity contribution >= 4 is 36.4 Å². The maximum absolute atomic E-state index is 13.0. The van der Waals surface area contributed by atoms with Crippen molar-refractivity contribution in [3.8, 4) is 5.69 Å². The van der Waals surface area contributed by atoms with E-state index in [1.54, 1.807) is 0 Å². The number of hydrogen-bond acceptors (Lipinski definition) is 5. The summed E-state index contributed by atoms with van der Waals surface area (Å²) in [6.07, 6.45) is -1.88. The molecule has 0 bridgehead atoms. The lowest BCUT2D eigenvalue weighted by atomic mass is 10.1. The summed E-state index contributed by atoms with van der Waals surface area (Å²) in [5, 5.41) is 9.66. The number of nitrogens with one attached hydrogen (secondary N) is 2. The number of aromatic nitrogens is 3. The number of alkyl halides is 3. The molecule has 2 N–H and O–H groups in total. The number of benzene rings is 1. The second kappa shape index (κ2) is 9.88. The van der Waals surface area contributed by atoms with Gasteiger partial charge in [0.25, 0.3) is 0 Å². The van der Waals surface area contributed by atoms with Crippen LogP contribution in [0.5, 0.6) is 0 Å². The van der Waals surface area contributed by atoms with E-state index in [9.17, 15) is 18.0 Å². The fourth-order valence-electron chi connectivity index (χ4n) is 2.61. The Hall–Kier alpha value is -1.88. The highest BCUT2D eigenvalue weighted by Gasteiger charge is 2.31. The highest BCUT2D eigenvalue weighted by atomic mass is 35.5. The molecule has 1 saturated heterocycles. The number of rotatable bonds is 4. The van der Waals surface area contributed by atoms with Crippen LogP contribution in [-0.2, 0) is 11.0 Å². The highest BCUT2D eigenvalue weighted by molar-refractivity contribution is 5.94. The molecular formula is C15H19Cl2F3N6O. The van der Waals surface area contributed by atoms with E-state index in [1.807, 2.05) is 4.90 Å². The molecule has 0 aliphatic carbocycles. The maximum atomic E-state index is 13.0. The van der Waals surface area contributed by atoms with Crippen LogP contribution >= 0.6 is 24.8 Å². The number of amides is 1. The van der Waals surface area contributed by atoms with Crippen LogP contribution in [0.1, 0.15) is 5.56 Å². The zero-order chi connectivity index (χ0) is 17.9. The second-order valence-corrected chi connectivity index (χ2v) is 5.64. The van der Waals surface area contributed by atoms with Crippen LogP contribution in [0.4, 0.5) is 18.9 Å². The highest BCUT2D eigenvalue weighted by Crippen LogP contribution is 2.33. The molecule has 27 heavy (non-hydrogen) atoms. The first kappa shape index (κ1) is 23.2. The molecule has 2 aromatic rings. The molecule has 0 saturated carbocycles. The maximum Gasteiger partial charge on any atom is 0.416 e. The molecule has 0 unspecified atom stereocenters. The summed E-state index contributed by atoms with van der Waals surface area (Å²) < 4.78 is 40.3. The van der Waals surface area contributed by atoms with E-state index in [0.29, 0.717) is 18.8 Å². The van der Waals surface area contributed by atoms with Gasteiger partial charge in [0.15, 0.2) is 0 Å². The zero-order valence-corrected chi connectivity index (χ0v) is 15.7. The van der Waals surface area contributed by atoms with Crippen molar-refractivity contribution < 1.29 is 18.0 Å². The average Bonchev–Trinajstić information content (AvgIpc) is 3.09. The van der Waals surface area contributed by atoms with E-state index in [0.717, 1.165) is 25.2 Å². The molecule has 12 heteroatoms. The number of carbonyl (C=O) groups excluding carboxylic acids is 1. The van der Waals surface area contributed by atoms with Gasteiger partial charge in [-0.1, -0.05) is 0 Å². The first-order valence-corrected chi connectivity index (χ1v) is 7.72. The predicted molar refractivity (Wildman–Crippen MR) is 98.8 cm³/mol. The number of halogens is 5. The molecule has 0 atom stereocenters. The fourth-order valence-corrected chi connectivity index (χ4v) is 2.61. The Morgan fingerprint density at radius 2 is 1.93 bits per heavy atom. The number of hydrogen-bond donors (Lipinski definition) is 2. The van der Waals surface area contributed by atoms with Crippen molar-refractivity contribution in [2.45, 2.75) is 6.18 Å². The van der Waals surface area contributed by atoms with Crippen molar-refractivity contribution in [1.82, 2.24) is 25.0 Å². The molecule has 0 spiro atoms. The van der Waals surface area contributed by atoms with Crippen LogP contribution in [-0.4, -0.2) is 58.3 Å². The van der Waals surface area contributed by atoms with Gasteiger partial charge in [-0.15, -0.1) is 24.8 Å². The van der Waals surface area contributed by atoms with Crippen LogP contribution < -0.4 is 10.6 Å². The molecular weight excluding hydrogens is 408 g/mol. The first-order valence-electron chi connectivity index (χ1n) is 7.72. The second-order valence-electron chi connectivity index (χ2n) is 5.64. The lowest BCUT2D eigenvalue weighted by Gasteiger charge is -2.26. The van der Waals surface area contributed by atoms with Crippen LogP contribution in [0.3, 0.4) is 0 Å². The molecule has 0 radical (unpaired) electrons. The van der Waals surface area contributed by atoms with Crippen molar-refractivity contribution in [2.24, 2.45) is 0 Å². The predicted octanol–water partition coefficient (Wildman–Crippen LogP) is 1.97. The summed E-state index contributed by atoms with van der Waals surface area (Å²) in [5.74, 6) is -0.373. The third-order valence-corrected chi connectivity index (χ3v) is 3.84. The zero-order valence-electron chi connectivity index (χ0n) is 14.1. The molecule has 1 aliphatic rings. The van der Waals surface area contributed by atoms with Crippen LogP contribution in [0.25, 0.3) is 5.69 Å². The van der Waals surface area contributed by atoms with E-state index < -0.39 is 11.7 Å². The quantitative estimate of drug-likeness (QED) is 0.781. The smallest absolute Gasteiger partial charge is 0.323 e. The Kier molecular flexibility index (Phi) is 8.48. The summed E-state index contributed by atoms with van der Waals surface area (Å²) in [7, 11) is 0. The van der Waals surface area contributed by atoms with Crippen molar-refractivity contribution in [3.05, 3.63) is 36.4 Å². The van der Waals surface area contributed by atoms with Gasteiger partial charge in [-0.25, -0.2) is 9.67 Å². The van der Waals surface area contributed by atoms with E-state index in [4.69, 9.17) is 0 Å². The van der Waals surface area contributed by atoms with Gasteiger partial charge in [-0.2, -0.15) is 18.3 Å². The minimum atomic E-state index is -4.50. The SMILES string of the molecule is Cl.Cl.O=C(CN1CCNCC1)Nc1cc(C(F)(F)F)ccc1-n1cncn1. The minimum Gasteiger partial charge on any atom is -0.323 e. The fraction of sp³-hybridized carbons (Fsp3) is 0.400. The van der Waals surface area contributed by atoms with Gasteiger partial charge in [-0.3, -0.25) is 9.69 Å². The van der Waals surface area contributed by atoms with Crippen molar-refractivity contribution in [3.63, 3.8) is 0 Å². The molecule has 3 rings (SSSR count). The van der Waals surface area contributed by atoms with E-state index in [2.05, 4.69) is 20.7 Å². The Bertz CT molecular complexity index is 736. The molecule has 150 valence electrons. The Balaban J connectivity index is 0.00000182. The van der Waals surface area contributed by atoms with Crippen LogP contribution in [0.15, 0.2) is 30.9 Å². The first-order chi connectivity index (χ1) is 11.9. The van der Waals surface area contributed by atoms with Crippen molar-refractivity contribution in [2.75, 3.05) is 38.0 Å².